The number of hydrogen-bond donors (Lipinski definition) is 7. The molecule has 1 amide bonds. The number of aliphatic hydroxyl groups is 2. The Balaban J connectivity index is 0.769. The molecular formula is C50H69ClF3N9O20P2. The number of rotatable bonds is 41. The molecular weight excluding hydrogens is 1200 g/mol. The number of carbonyl (C=O) groups is 2. The lowest BCUT2D eigenvalue weighted by Crippen LogP contribution is -2.40. The van der Waals surface area contributed by atoms with Crippen molar-refractivity contribution in [3.63, 3.8) is 0 Å². The number of esters is 1. The van der Waals surface area contributed by atoms with Crippen molar-refractivity contribution in [2.45, 2.75) is 69.9 Å². The summed E-state index contributed by atoms with van der Waals surface area (Å²) < 4.78 is 126. The number of benzene rings is 2. The SMILES string of the molecule is Cc1cccc([C@](C)(CC(=O)NCCOCCOCCOCCOCc2cn(CCOCCOCCOCCOCCC(=O)Oc3c(F)cc(F)cc3F)nn2)Nc2nc(Cl)nc3c2cnn3[C@@H]2O[C@H](COP(=O)(O)CP(=O)(O)O)[C@@H](O)[C@H]2O)c1. The highest BCUT2D eigenvalue weighted by molar-refractivity contribution is 7.70. The zero-order valence-electron chi connectivity index (χ0n) is 46.4. The molecule has 1 aliphatic heterocycles. The fourth-order valence-corrected chi connectivity index (χ4v) is 10.8. The lowest BCUT2D eigenvalue weighted by atomic mass is 9.87. The zero-order chi connectivity index (χ0) is 61.4. The minimum Gasteiger partial charge on any atom is -0.420 e. The van der Waals surface area contributed by atoms with Gasteiger partial charge in [0.15, 0.2) is 29.4 Å². The Morgan fingerprint density at radius 3 is 2.02 bits per heavy atom. The number of fused-ring (bicyclic) bond motifs is 1. The second-order valence-electron chi connectivity index (χ2n) is 19.0. The molecule has 85 heavy (non-hydrogen) atoms. The summed E-state index contributed by atoms with van der Waals surface area (Å²) in [5.74, 6) is -7.30. The number of hydrogen-bond acceptors (Lipinski definition) is 23. The van der Waals surface area contributed by atoms with E-state index in [1.54, 1.807) is 17.8 Å². The second-order valence-corrected chi connectivity index (χ2v) is 23.4. The standard InChI is InChI=1S/C50H69ClF3N9O20P2/c1-33-4-3-5-34(24-33)50(2,59-46-37-28-56-63(47(37)58-49(51)57-46)48-44(67)43(66)40(82-48)31-81-85(71,72)32-84(68,69)70)27-41(64)55-7-10-74-13-16-77-20-21-79-22-23-80-30-36-29-62(61-60-36)8-11-75-14-17-78-19-18-76-15-12-73-9-6-42(65)83-45-38(53)25-35(52)26-39(45)54/h3-5,24-26,28-29,40,43-44,48,66-67H,6-23,27,30-32H2,1-2H3,(H,55,64)(H,71,72)(H,57,58,59)(H2,68,69,70)/t40-,43-,44-,48-,50+/m1/s1. The molecule has 1 fully saturated rings. The molecule has 6 rings (SSSR count). The Bertz CT molecular complexity index is 2990. The minimum absolute atomic E-state index is 0.0443. The third kappa shape index (κ3) is 23.5. The Hall–Kier alpha value is -5.19. The van der Waals surface area contributed by atoms with E-state index in [4.69, 9.17) is 68.5 Å². The summed E-state index contributed by atoms with van der Waals surface area (Å²) >= 11 is 6.41. The lowest BCUT2D eigenvalue weighted by Gasteiger charge is -2.32. The summed E-state index contributed by atoms with van der Waals surface area (Å²) in [6, 6.07) is 8.32. The van der Waals surface area contributed by atoms with Gasteiger partial charge in [-0.3, -0.25) is 18.7 Å². The molecule has 1 unspecified atom stereocenters. The van der Waals surface area contributed by atoms with E-state index >= 15 is 0 Å². The Labute approximate surface area is 490 Å². The first-order chi connectivity index (χ1) is 40.6. The summed E-state index contributed by atoms with van der Waals surface area (Å²) in [5, 5.41) is 40.4. The maximum absolute atomic E-state index is 13.6. The molecule has 7 N–H and O–H groups in total. The van der Waals surface area contributed by atoms with Gasteiger partial charge in [-0.15, -0.1) is 5.10 Å². The van der Waals surface area contributed by atoms with Crippen molar-refractivity contribution in [2.24, 2.45) is 0 Å². The van der Waals surface area contributed by atoms with Crippen molar-refractivity contribution in [2.75, 3.05) is 123 Å². The zero-order valence-corrected chi connectivity index (χ0v) is 48.9. The molecule has 0 bridgehead atoms. The van der Waals surface area contributed by atoms with Gasteiger partial charge in [0.2, 0.25) is 16.9 Å². The van der Waals surface area contributed by atoms with Crippen molar-refractivity contribution >= 4 is 55.5 Å². The number of aliphatic hydroxyl groups excluding tert-OH is 2. The number of nitrogens with one attached hydrogen (secondary N) is 2. The average Bonchev–Trinajstić information content (AvgIpc) is 2.24. The number of anilines is 1. The van der Waals surface area contributed by atoms with Crippen LogP contribution in [0, 0.1) is 24.4 Å². The van der Waals surface area contributed by atoms with Gasteiger partial charge in [-0.2, -0.15) is 15.1 Å². The molecule has 0 saturated carbocycles. The molecule has 35 heteroatoms. The Morgan fingerprint density at radius 2 is 1.40 bits per heavy atom. The molecule has 2 aromatic carbocycles. The van der Waals surface area contributed by atoms with E-state index in [0.717, 1.165) is 15.8 Å². The van der Waals surface area contributed by atoms with Gasteiger partial charge in [0.1, 0.15) is 35.6 Å². The third-order valence-corrected chi connectivity index (χ3v) is 15.7. The molecule has 3 aromatic heterocycles. The van der Waals surface area contributed by atoms with E-state index in [2.05, 4.69) is 40.7 Å². The first-order valence-electron chi connectivity index (χ1n) is 26.5. The van der Waals surface area contributed by atoms with Crippen molar-refractivity contribution in [3.05, 3.63) is 88.3 Å². The van der Waals surface area contributed by atoms with Gasteiger partial charge in [0.05, 0.1) is 155 Å². The van der Waals surface area contributed by atoms with Crippen LogP contribution in [0.2, 0.25) is 5.28 Å². The topological polar surface area (TPSA) is 369 Å². The van der Waals surface area contributed by atoms with Crippen LogP contribution in [0.3, 0.4) is 0 Å². The van der Waals surface area contributed by atoms with Crippen molar-refractivity contribution in [3.8, 4) is 5.75 Å². The molecule has 4 heterocycles. The second kappa shape index (κ2) is 34.4. The van der Waals surface area contributed by atoms with Crippen LogP contribution >= 0.6 is 26.8 Å². The van der Waals surface area contributed by atoms with Crippen LogP contribution in [0.1, 0.15) is 42.8 Å². The predicted molar refractivity (Wildman–Crippen MR) is 291 cm³/mol. The Morgan fingerprint density at radius 1 is 0.800 bits per heavy atom. The maximum atomic E-state index is 13.6. The maximum Gasteiger partial charge on any atom is 0.340 e. The quantitative estimate of drug-likeness (QED) is 0.00972. The van der Waals surface area contributed by atoms with Gasteiger partial charge in [-0.05, 0) is 31.0 Å². The minimum atomic E-state index is -4.93. The van der Waals surface area contributed by atoms with Crippen LogP contribution in [0.5, 0.6) is 5.75 Å². The van der Waals surface area contributed by atoms with Crippen LogP contribution in [-0.4, -0.2) is 208 Å². The predicted octanol–water partition coefficient (Wildman–Crippen LogP) is 2.92. The number of ether oxygens (including phenoxy) is 10. The first-order valence-corrected chi connectivity index (χ1v) is 30.4. The highest BCUT2D eigenvalue weighted by atomic mass is 35.5. The molecule has 0 aliphatic carbocycles. The molecule has 472 valence electrons. The van der Waals surface area contributed by atoms with E-state index in [-0.39, 0.29) is 87.1 Å². The average molecular weight is 1270 g/mol. The van der Waals surface area contributed by atoms with E-state index in [1.807, 2.05) is 31.2 Å². The molecule has 1 saturated heterocycles. The van der Waals surface area contributed by atoms with Gasteiger partial charge < -0.3 is 87.4 Å². The number of aromatic nitrogens is 7. The van der Waals surface area contributed by atoms with Gasteiger partial charge in [-0.25, -0.2) is 22.5 Å². The summed E-state index contributed by atoms with van der Waals surface area (Å²) in [6.45, 7) is 7.90. The van der Waals surface area contributed by atoms with Crippen molar-refractivity contribution in [1.82, 2.24) is 40.1 Å². The first kappa shape index (κ1) is 68.9. The van der Waals surface area contributed by atoms with Crippen LogP contribution in [-0.2, 0) is 84.6 Å². The molecule has 1 aliphatic rings. The van der Waals surface area contributed by atoms with Gasteiger partial charge >= 0.3 is 21.2 Å². The van der Waals surface area contributed by atoms with Crippen molar-refractivity contribution < 1.29 is 109 Å². The largest absolute Gasteiger partial charge is 0.420 e. The Kier molecular flexibility index (Phi) is 27.9. The van der Waals surface area contributed by atoms with Crippen molar-refractivity contribution in [1.29, 1.82) is 0 Å². The van der Waals surface area contributed by atoms with Crippen LogP contribution in [0.25, 0.3) is 11.0 Å². The number of carbonyl (C=O) groups excluding carboxylic acids is 2. The molecule has 5 aromatic rings. The summed E-state index contributed by atoms with van der Waals surface area (Å²) in [6.07, 6.45) is -3.46. The highest BCUT2D eigenvalue weighted by Crippen LogP contribution is 2.55. The molecule has 29 nitrogen and oxygen atoms in total. The van der Waals surface area contributed by atoms with Crippen LogP contribution in [0.15, 0.2) is 48.8 Å². The summed E-state index contributed by atoms with van der Waals surface area (Å²) in [4.78, 5) is 62.0. The van der Waals surface area contributed by atoms with E-state index < -0.39 is 87.0 Å². The lowest BCUT2D eigenvalue weighted by molar-refractivity contribution is -0.136. The monoisotopic (exact) mass is 1270 g/mol. The van der Waals surface area contributed by atoms with E-state index in [0.29, 0.717) is 90.4 Å². The smallest absolute Gasteiger partial charge is 0.340 e. The number of aryl methyl sites for hydroxylation is 1. The number of nitrogens with zero attached hydrogens (tertiary/aromatic N) is 7. The van der Waals surface area contributed by atoms with Crippen LogP contribution < -0.4 is 15.4 Å². The number of amides is 1. The summed E-state index contributed by atoms with van der Waals surface area (Å²) in [7, 11) is -9.74. The van der Waals surface area contributed by atoms with E-state index in [9.17, 15) is 47.0 Å². The summed E-state index contributed by atoms with van der Waals surface area (Å²) in [5.41, 5.74) is 1.22. The number of halogens is 4. The molecule has 6 atom stereocenters. The van der Waals surface area contributed by atoms with Gasteiger partial charge in [0, 0.05) is 18.7 Å². The fraction of sp³-hybridized carbons (Fsp3) is 0.580. The van der Waals surface area contributed by atoms with Crippen LogP contribution in [0.4, 0.5) is 19.0 Å². The normalized spacial score (nSPS) is 17.7. The third-order valence-electron chi connectivity index (χ3n) is 12.1. The molecule has 0 spiro atoms. The highest BCUT2D eigenvalue weighted by Gasteiger charge is 2.46. The fourth-order valence-electron chi connectivity index (χ4n) is 8.04. The molecule has 0 radical (unpaired) electrons. The van der Waals surface area contributed by atoms with Gasteiger partial charge in [-0.1, -0.05) is 35.0 Å². The van der Waals surface area contributed by atoms with E-state index in [1.165, 1.54) is 6.20 Å². The van der Waals surface area contributed by atoms with Gasteiger partial charge in [0.25, 0.3) is 0 Å².